The Bertz CT molecular complexity index is 170. The average molecular weight is 196 g/mol. The predicted molar refractivity (Wildman–Crippen MR) is 59.1 cm³/mol. The summed E-state index contributed by atoms with van der Waals surface area (Å²) in [7, 11) is 0. The van der Waals surface area contributed by atoms with E-state index in [-0.39, 0.29) is 6.10 Å². The highest BCUT2D eigenvalue weighted by Gasteiger charge is 2.32. The van der Waals surface area contributed by atoms with Crippen molar-refractivity contribution in [3.05, 3.63) is 0 Å². The normalized spacial score (nSPS) is 45.0. The van der Waals surface area contributed by atoms with Crippen molar-refractivity contribution in [3.8, 4) is 0 Å². The van der Waals surface area contributed by atoms with Gasteiger partial charge in [0.05, 0.1) is 6.10 Å². The summed E-state index contributed by atoms with van der Waals surface area (Å²) in [4.78, 5) is 0. The topological polar surface area (TPSA) is 20.2 Å². The molecule has 1 N–H and O–H groups in total. The van der Waals surface area contributed by atoms with Crippen LogP contribution in [-0.2, 0) is 0 Å². The minimum absolute atomic E-state index is 0.0298. The molecule has 82 valence electrons. The predicted octanol–water partition coefficient (Wildman–Crippen LogP) is 3.36. The van der Waals surface area contributed by atoms with Crippen molar-refractivity contribution in [2.75, 3.05) is 0 Å². The van der Waals surface area contributed by atoms with E-state index in [1.165, 1.54) is 44.9 Å². The molecule has 14 heavy (non-hydrogen) atoms. The Hall–Kier alpha value is -0.0400. The van der Waals surface area contributed by atoms with Gasteiger partial charge in [-0.3, -0.25) is 0 Å². The fraction of sp³-hybridized carbons (Fsp3) is 1.00. The molecule has 0 saturated heterocycles. The molecular formula is C13H24O. The zero-order chi connectivity index (χ0) is 9.97. The maximum Gasteiger partial charge on any atom is 0.0571 e. The van der Waals surface area contributed by atoms with Gasteiger partial charge in [-0.15, -0.1) is 0 Å². The maximum atomic E-state index is 9.99. The lowest BCUT2D eigenvalue weighted by Crippen LogP contribution is -2.33. The van der Waals surface area contributed by atoms with E-state index >= 15 is 0 Å². The van der Waals surface area contributed by atoms with Crippen LogP contribution in [0.1, 0.15) is 58.3 Å². The van der Waals surface area contributed by atoms with Crippen molar-refractivity contribution in [1.29, 1.82) is 0 Å². The Balaban J connectivity index is 1.87. The second kappa shape index (κ2) is 4.65. The van der Waals surface area contributed by atoms with Gasteiger partial charge >= 0.3 is 0 Å². The Morgan fingerprint density at radius 3 is 2.14 bits per heavy atom. The number of hydrogen-bond acceptors (Lipinski definition) is 1. The first kappa shape index (κ1) is 10.5. The van der Waals surface area contributed by atoms with Gasteiger partial charge in [0.15, 0.2) is 0 Å². The van der Waals surface area contributed by atoms with Crippen molar-refractivity contribution in [2.45, 2.75) is 64.4 Å². The minimum Gasteiger partial charge on any atom is -0.393 e. The summed E-state index contributed by atoms with van der Waals surface area (Å²) in [5, 5.41) is 9.99. The fourth-order valence-electron chi connectivity index (χ4n) is 3.40. The number of aliphatic hydroxyl groups excluding tert-OH is 1. The summed E-state index contributed by atoms with van der Waals surface area (Å²) in [6.45, 7) is 2.37. The molecule has 2 rings (SSSR count). The van der Waals surface area contributed by atoms with Gasteiger partial charge in [0, 0.05) is 0 Å². The van der Waals surface area contributed by atoms with Gasteiger partial charge in [0.25, 0.3) is 0 Å². The molecule has 0 aromatic carbocycles. The Morgan fingerprint density at radius 1 is 0.857 bits per heavy atom. The number of rotatable bonds is 1. The monoisotopic (exact) mass is 196 g/mol. The lowest BCUT2D eigenvalue weighted by Gasteiger charge is -2.37. The van der Waals surface area contributed by atoms with Crippen LogP contribution in [0.15, 0.2) is 0 Å². The maximum absolute atomic E-state index is 9.99. The van der Waals surface area contributed by atoms with Crippen LogP contribution in [-0.4, -0.2) is 11.2 Å². The van der Waals surface area contributed by atoms with Gasteiger partial charge < -0.3 is 5.11 Å². The van der Waals surface area contributed by atoms with Gasteiger partial charge in [0.2, 0.25) is 0 Å². The first-order valence-electron chi connectivity index (χ1n) is 6.45. The van der Waals surface area contributed by atoms with Crippen LogP contribution in [0.2, 0.25) is 0 Å². The van der Waals surface area contributed by atoms with Crippen LogP contribution in [0.3, 0.4) is 0 Å². The Kier molecular flexibility index (Phi) is 3.48. The average Bonchev–Trinajstić information content (AvgIpc) is 2.20. The molecule has 1 nitrogen and oxygen atoms in total. The number of aliphatic hydroxyl groups is 1. The van der Waals surface area contributed by atoms with Crippen LogP contribution in [0.4, 0.5) is 0 Å². The standard InChI is InChI=1S/C13H24O/c1-10-6-8-11(9-7-10)12-4-2-3-5-13(12)14/h10-14H,2-9H2,1H3/t10?,11?,12-,13+/m0/s1. The van der Waals surface area contributed by atoms with Crippen molar-refractivity contribution < 1.29 is 5.11 Å². The summed E-state index contributed by atoms with van der Waals surface area (Å²) < 4.78 is 0. The Labute approximate surface area is 87.9 Å². The minimum atomic E-state index is 0.0298. The van der Waals surface area contributed by atoms with E-state index in [0.29, 0.717) is 5.92 Å². The van der Waals surface area contributed by atoms with Gasteiger partial charge in [-0.05, 0) is 43.4 Å². The lowest BCUT2D eigenvalue weighted by atomic mass is 9.70. The molecule has 0 unspecified atom stereocenters. The quantitative estimate of drug-likeness (QED) is 0.682. The summed E-state index contributed by atoms with van der Waals surface area (Å²) in [5.41, 5.74) is 0. The molecular weight excluding hydrogens is 172 g/mol. The van der Waals surface area contributed by atoms with E-state index in [9.17, 15) is 5.11 Å². The van der Waals surface area contributed by atoms with Crippen LogP contribution in [0.5, 0.6) is 0 Å². The van der Waals surface area contributed by atoms with Gasteiger partial charge in [-0.1, -0.05) is 32.6 Å². The molecule has 1 heteroatoms. The van der Waals surface area contributed by atoms with Crippen LogP contribution < -0.4 is 0 Å². The molecule has 0 spiro atoms. The smallest absolute Gasteiger partial charge is 0.0571 e. The van der Waals surface area contributed by atoms with Gasteiger partial charge in [-0.2, -0.15) is 0 Å². The fourth-order valence-corrected chi connectivity index (χ4v) is 3.40. The molecule has 0 bridgehead atoms. The molecule has 0 heterocycles. The number of hydrogen-bond donors (Lipinski definition) is 1. The molecule has 2 saturated carbocycles. The van der Waals surface area contributed by atoms with Crippen molar-refractivity contribution >= 4 is 0 Å². The van der Waals surface area contributed by atoms with Crippen LogP contribution in [0.25, 0.3) is 0 Å². The summed E-state index contributed by atoms with van der Waals surface area (Å²) in [5.74, 6) is 2.43. The lowest BCUT2D eigenvalue weighted by molar-refractivity contribution is 0.0215. The van der Waals surface area contributed by atoms with Crippen molar-refractivity contribution in [3.63, 3.8) is 0 Å². The van der Waals surface area contributed by atoms with E-state index in [4.69, 9.17) is 0 Å². The molecule has 0 aromatic heterocycles. The molecule has 0 radical (unpaired) electrons. The van der Waals surface area contributed by atoms with Gasteiger partial charge in [-0.25, -0.2) is 0 Å². The molecule has 2 aliphatic carbocycles. The molecule has 0 amide bonds. The van der Waals surface area contributed by atoms with E-state index in [0.717, 1.165) is 18.3 Å². The summed E-state index contributed by atoms with van der Waals surface area (Å²) >= 11 is 0. The van der Waals surface area contributed by atoms with E-state index in [2.05, 4.69) is 6.92 Å². The van der Waals surface area contributed by atoms with E-state index in [1.54, 1.807) is 0 Å². The zero-order valence-electron chi connectivity index (χ0n) is 9.41. The zero-order valence-corrected chi connectivity index (χ0v) is 9.41. The van der Waals surface area contributed by atoms with Crippen LogP contribution in [0, 0.1) is 17.8 Å². The SMILES string of the molecule is CC1CCC([C@@H]2CCCC[C@H]2O)CC1. The molecule has 2 atom stereocenters. The third kappa shape index (κ3) is 2.31. The largest absolute Gasteiger partial charge is 0.393 e. The molecule has 0 aliphatic heterocycles. The molecule has 0 aromatic rings. The molecule has 2 aliphatic rings. The second-order valence-corrected chi connectivity index (χ2v) is 5.54. The summed E-state index contributed by atoms with van der Waals surface area (Å²) in [6, 6.07) is 0. The highest BCUT2D eigenvalue weighted by molar-refractivity contribution is 4.83. The first-order valence-corrected chi connectivity index (χ1v) is 6.45. The van der Waals surface area contributed by atoms with Crippen LogP contribution >= 0.6 is 0 Å². The third-order valence-electron chi connectivity index (χ3n) is 4.45. The molecule has 2 fully saturated rings. The second-order valence-electron chi connectivity index (χ2n) is 5.54. The third-order valence-corrected chi connectivity index (χ3v) is 4.45. The van der Waals surface area contributed by atoms with Crippen molar-refractivity contribution in [2.24, 2.45) is 17.8 Å². The summed E-state index contributed by atoms with van der Waals surface area (Å²) in [6.07, 6.45) is 10.5. The highest BCUT2D eigenvalue weighted by atomic mass is 16.3. The van der Waals surface area contributed by atoms with Gasteiger partial charge in [0.1, 0.15) is 0 Å². The highest BCUT2D eigenvalue weighted by Crippen LogP contribution is 2.39. The Morgan fingerprint density at radius 2 is 1.50 bits per heavy atom. The van der Waals surface area contributed by atoms with Crippen molar-refractivity contribution in [1.82, 2.24) is 0 Å². The first-order chi connectivity index (χ1) is 6.77. The van der Waals surface area contributed by atoms with E-state index < -0.39 is 0 Å². The van der Waals surface area contributed by atoms with E-state index in [1.807, 2.05) is 0 Å².